The van der Waals surface area contributed by atoms with Crippen molar-refractivity contribution in [3.63, 3.8) is 0 Å². The van der Waals surface area contributed by atoms with Crippen LogP contribution < -0.4 is 10.1 Å². The molecule has 0 aliphatic carbocycles. The summed E-state index contributed by atoms with van der Waals surface area (Å²) in [6.07, 6.45) is 1.56. The lowest BCUT2D eigenvalue weighted by atomic mass is 10.2. The first-order valence-electron chi connectivity index (χ1n) is 7.11. The van der Waals surface area contributed by atoms with E-state index in [1.54, 1.807) is 19.1 Å². The van der Waals surface area contributed by atoms with Crippen LogP contribution in [0.15, 0.2) is 12.1 Å². The summed E-state index contributed by atoms with van der Waals surface area (Å²) in [4.78, 5) is 14.2. The molecule has 1 N–H and O–H groups in total. The van der Waals surface area contributed by atoms with Crippen molar-refractivity contribution in [1.29, 1.82) is 0 Å². The minimum Gasteiger partial charge on any atom is -0.479 e. The van der Waals surface area contributed by atoms with Crippen LogP contribution in [0.2, 0.25) is 10.0 Å². The fraction of sp³-hybridized carbons (Fsp3) is 0.533. The number of carbonyl (C=O) groups is 1. The average molecular weight is 331 g/mol. The summed E-state index contributed by atoms with van der Waals surface area (Å²) in [7, 11) is 1.83. The lowest BCUT2D eigenvalue weighted by Gasteiger charge is -2.23. The van der Waals surface area contributed by atoms with Gasteiger partial charge in [0.1, 0.15) is 5.75 Å². The summed E-state index contributed by atoms with van der Waals surface area (Å²) in [6, 6.07) is 3.43. The quantitative estimate of drug-likeness (QED) is 0.901. The van der Waals surface area contributed by atoms with Gasteiger partial charge in [0.15, 0.2) is 6.10 Å². The summed E-state index contributed by atoms with van der Waals surface area (Å²) in [5.74, 6) is 0.532. The first-order valence-corrected chi connectivity index (χ1v) is 7.86. The number of rotatable bonds is 5. The summed E-state index contributed by atoms with van der Waals surface area (Å²) in [5, 5.41) is 4.02. The molecule has 1 saturated heterocycles. The molecule has 4 nitrogen and oxygen atoms in total. The van der Waals surface area contributed by atoms with Gasteiger partial charge in [0.05, 0.1) is 5.02 Å². The smallest absolute Gasteiger partial charge is 0.263 e. The molecule has 0 spiro atoms. The van der Waals surface area contributed by atoms with Gasteiger partial charge in [0.25, 0.3) is 5.91 Å². The van der Waals surface area contributed by atoms with Gasteiger partial charge in [-0.15, -0.1) is 0 Å². The predicted molar refractivity (Wildman–Crippen MR) is 85.1 cm³/mol. The standard InChI is InChI=1S/C15H20Cl2N2O2/c1-10(15(20)19-5-3-4-6-19)21-14-11(9-18-2)7-12(16)8-13(14)17/h7-8,10,18H,3-6,9H2,1-2H3. The van der Waals surface area contributed by atoms with E-state index in [2.05, 4.69) is 5.32 Å². The number of hydrogen-bond donors (Lipinski definition) is 1. The number of ether oxygens (including phenoxy) is 1. The second kappa shape index (κ2) is 7.34. The molecule has 0 aromatic heterocycles. The number of benzene rings is 1. The van der Waals surface area contributed by atoms with E-state index < -0.39 is 6.10 Å². The molecule has 1 aliphatic heterocycles. The average Bonchev–Trinajstić information content (AvgIpc) is 2.95. The van der Waals surface area contributed by atoms with Gasteiger partial charge in [-0.25, -0.2) is 0 Å². The molecule has 0 bridgehead atoms. The number of nitrogens with one attached hydrogen (secondary N) is 1. The van der Waals surface area contributed by atoms with Crippen molar-refractivity contribution in [2.75, 3.05) is 20.1 Å². The van der Waals surface area contributed by atoms with Crippen LogP contribution in [-0.2, 0) is 11.3 Å². The van der Waals surface area contributed by atoms with Gasteiger partial charge in [-0.1, -0.05) is 23.2 Å². The summed E-state index contributed by atoms with van der Waals surface area (Å²) in [6.45, 7) is 3.95. The van der Waals surface area contributed by atoms with E-state index in [-0.39, 0.29) is 5.91 Å². The van der Waals surface area contributed by atoms with Crippen LogP contribution in [0.3, 0.4) is 0 Å². The van der Waals surface area contributed by atoms with E-state index in [1.807, 2.05) is 11.9 Å². The van der Waals surface area contributed by atoms with E-state index in [0.717, 1.165) is 31.5 Å². The van der Waals surface area contributed by atoms with Crippen molar-refractivity contribution < 1.29 is 9.53 Å². The van der Waals surface area contributed by atoms with Crippen LogP contribution in [0.1, 0.15) is 25.3 Å². The number of nitrogens with zero attached hydrogens (tertiary/aromatic N) is 1. The Balaban J connectivity index is 2.15. The molecule has 0 saturated carbocycles. The molecule has 6 heteroatoms. The Hall–Kier alpha value is -0.970. The van der Waals surface area contributed by atoms with Crippen molar-refractivity contribution in [2.45, 2.75) is 32.4 Å². The molecule has 1 aromatic rings. The maximum absolute atomic E-state index is 12.3. The number of likely N-dealkylation sites (tertiary alicyclic amines) is 1. The molecule has 1 unspecified atom stereocenters. The Labute approximate surface area is 135 Å². The molecule has 2 rings (SSSR count). The van der Waals surface area contributed by atoms with Crippen LogP contribution in [0.25, 0.3) is 0 Å². The lowest BCUT2D eigenvalue weighted by Crippen LogP contribution is -2.38. The topological polar surface area (TPSA) is 41.6 Å². The number of amides is 1. The summed E-state index contributed by atoms with van der Waals surface area (Å²) < 4.78 is 5.84. The maximum atomic E-state index is 12.3. The van der Waals surface area contributed by atoms with Crippen LogP contribution in [0.4, 0.5) is 0 Å². The second-order valence-electron chi connectivity index (χ2n) is 5.20. The Morgan fingerprint density at radius 3 is 2.67 bits per heavy atom. The molecular weight excluding hydrogens is 311 g/mol. The third-order valence-corrected chi connectivity index (χ3v) is 4.01. The minimum atomic E-state index is -0.558. The molecule has 1 heterocycles. The van der Waals surface area contributed by atoms with Crippen molar-refractivity contribution in [1.82, 2.24) is 10.2 Å². The van der Waals surface area contributed by atoms with Gasteiger partial charge in [-0.05, 0) is 38.9 Å². The summed E-state index contributed by atoms with van der Waals surface area (Å²) in [5.41, 5.74) is 0.844. The van der Waals surface area contributed by atoms with Crippen LogP contribution >= 0.6 is 23.2 Å². The molecule has 1 aliphatic rings. The predicted octanol–water partition coefficient (Wildman–Crippen LogP) is 3.10. The van der Waals surface area contributed by atoms with Gasteiger partial charge in [0.2, 0.25) is 0 Å². The zero-order valence-electron chi connectivity index (χ0n) is 12.3. The zero-order chi connectivity index (χ0) is 15.4. The van der Waals surface area contributed by atoms with E-state index in [0.29, 0.717) is 22.3 Å². The Kier molecular flexibility index (Phi) is 5.73. The highest BCUT2D eigenvalue weighted by Crippen LogP contribution is 2.33. The van der Waals surface area contributed by atoms with Crippen LogP contribution in [-0.4, -0.2) is 37.0 Å². The third kappa shape index (κ3) is 4.02. The van der Waals surface area contributed by atoms with Gasteiger partial charge in [0, 0.05) is 30.2 Å². The number of halogens is 2. The maximum Gasteiger partial charge on any atom is 0.263 e. The van der Waals surface area contributed by atoms with Crippen molar-refractivity contribution in [2.24, 2.45) is 0 Å². The highest BCUT2D eigenvalue weighted by Gasteiger charge is 2.25. The SMILES string of the molecule is CNCc1cc(Cl)cc(Cl)c1OC(C)C(=O)N1CCCC1. The molecule has 1 aromatic carbocycles. The molecular formula is C15H20Cl2N2O2. The number of hydrogen-bond acceptors (Lipinski definition) is 3. The minimum absolute atomic E-state index is 0.00826. The van der Waals surface area contributed by atoms with Gasteiger partial charge < -0.3 is 15.0 Å². The third-order valence-electron chi connectivity index (χ3n) is 3.51. The van der Waals surface area contributed by atoms with Crippen LogP contribution in [0, 0.1) is 0 Å². The van der Waals surface area contributed by atoms with Crippen molar-refractivity contribution in [3.05, 3.63) is 27.7 Å². The Morgan fingerprint density at radius 1 is 1.38 bits per heavy atom. The fourth-order valence-electron chi connectivity index (χ4n) is 2.49. The van der Waals surface area contributed by atoms with E-state index in [4.69, 9.17) is 27.9 Å². The normalized spacial score (nSPS) is 16.1. The van der Waals surface area contributed by atoms with E-state index in [1.165, 1.54) is 0 Å². The Morgan fingerprint density at radius 2 is 2.05 bits per heavy atom. The fourth-order valence-corrected chi connectivity index (χ4v) is 3.07. The molecule has 1 atom stereocenters. The highest BCUT2D eigenvalue weighted by atomic mass is 35.5. The van der Waals surface area contributed by atoms with Crippen molar-refractivity contribution in [3.8, 4) is 5.75 Å². The van der Waals surface area contributed by atoms with Crippen LogP contribution in [0.5, 0.6) is 5.75 Å². The lowest BCUT2D eigenvalue weighted by molar-refractivity contribution is -0.136. The van der Waals surface area contributed by atoms with Gasteiger partial charge >= 0.3 is 0 Å². The molecule has 21 heavy (non-hydrogen) atoms. The molecule has 1 fully saturated rings. The first-order chi connectivity index (χ1) is 10.0. The molecule has 0 radical (unpaired) electrons. The molecule has 116 valence electrons. The Bertz CT molecular complexity index is 517. The van der Waals surface area contributed by atoms with Crippen molar-refractivity contribution >= 4 is 29.1 Å². The zero-order valence-corrected chi connectivity index (χ0v) is 13.8. The van der Waals surface area contributed by atoms with Gasteiger partial charge in [-0.3, -0.25) is 4.79 Å². The summed E-state index contributed by atoms with van der Waals surface area (Å²) >= 11 is 12.2. The van der Waals surface area contributed by atoms with Gasteiger partial charge in [-0.2, -0.15) is 0 Å². The monoisotopic (exact) mass is 330 g/mol. The number of carbonyl (C=O) groups excluding carboxylic acids is 1. The first kappa shape index (κ1) is 16.4. The van der Waals surface area contributed by atoms with E-state index >= 15 is 0 Å². The highest BCUT2D eigenvalue weighted by molar-refractivity contribution is 6.35. The van der Waals surface area contributed by atoms with E-state index in [9.17, 15) is 4.79 Å². The second-order valence-corrected chi connectivity index (χ2v) is 6.04. The molecule has 1 amide bonds. The largest absolute Gasteiger partial charge is 0.479 e.